The van der Waals surface area contributed by atoms with Crippen molar-refractivity contribution in [1.29, 1.82) is 0 Å². The lowest BCUT2D eigenvalue weighted by atomic mass is 10.3. The van der Waals surface area contributed by atoms with E-state index < -0.39 is 6.03 Å². The zero-order valence-electron chi connectivity index (χ0n) is 10.9. The number of benzene rings is 1. The first-order valence-electron chi connectivity index (χ1n) is 5.78. The third-order valence-electron chi connectivity index (χ3n) is 2.46. The first-order valence-corrected chi connectivity index (χ1v) is 6.97. The number of hydrogen-bond acceptors (Lipinski definition) is 4. The van der Waals surface area contributed by atoms with Gasteiger partial charge in [0.25, 0.3) is 0 Å². The van der Waals surface area contributed by atoms with E-state index in [0.29, 0.717) is 26.4 Å². The van der Waals surface area contributed by atoms with Crippen LogP contribution in [-0.4, -0.2) is 16.8 Å². The van der Waals surface area contributed by atoms with Gasteiger partial charge in [-0.05, 0) is 19.1 Å². The van der Waals surface area contributed by atoms with Crippen molar-refractivity contribution in [2.45, 2.75) is 13.8 Å². The lowest BCUT2D eigenvalue weighted by Gasteiger charge is -2.06. The number of ketones is 1. The van der Waals surface area contributed by atoms with Gasteiger partial charge in [0.1, 0.15) is 0 Å². The van der Waals surface area contributed by atoms with E-state index >= 15 is 0 Å². The SMILES string of the molecule is CC(=O)c1sc(NC(=O)Nc2ccccc2Cl)nc1C. The second kappa shape index (κ2) is 6.02. The minimum Gasteiger partial charge on any atom is -0.306 e. The zero-order chi connectivity index (χ0) is 14.7. The summed E-state index contributed by atoms with van der Waals surface area (Å²) in [5.41, 5.74) is 1.11. The number of thiazole rings is 1. The summed E-state index contributed by atoms with van der Waals surface area (Å²) in [4.78, 5) is 27.8. The molecule has 2 N–H and O–H groups in total. The lowest BCUT2D eigenvalue weighted by molar-refractivity contribution is 0.102. The molecular formula is C13H12ClN3O2S. The largest absolute Gasteiger partial charge is 0.325 e. The van der Waals surface area contributed by atoms with Crippen LogP contribution in [0.15, 0.2) is 24.3 Å². The number of Topliss-reactive ketones (excluding diaryl/α,β-unsaturated/α-hetero) is 1. The van der Waals surface area contributed by atoms with Gasteiger partial charge in [0.2, 0.25) is 0 Å². The van der Waals surface area contributed by atoms with Gasteiger partial charge in [-0.2, -0.15) is 0 Å². The second-order valence-electron chi connectivity index (χ2n) is 4.05. The molecule has 0 spiro atoms. The zero-order valence-corrected chi connectivity index (χ0v) is 12.4. The van der Waals surface area contributed by atoms with E-state index in [9.17, 15) is 9.59 Å². The first-order chi connectivity index (χ1) is 9.47. The molecule has 7 heteroatoms. The number of halogens is 1. The van der Waals surface area contributed by atoms with Crippen LogP contribution in [0.1, 0.15) is 22.3 Å². The third-order valence-corrected chi connectivity index (χ3v) is 3.96. The number of carbonyl (C=O) groups excluding carboxylic acids is 2. The number of nitrogens with zero attached hydrogens (tertiary/aromatic N) is 1. The van der Waals surface area contributed by atoms with Crippen LogP contribution in [0.4, 0.5) is 15.6 Å². The highest BCUT2D eigenvalue weighted by molar-refractivity contribution is 7.17. The molecule has 0 unspecified atom stereocenters. The highest BCUT2D eigenvalue weighted by Crippen LogP contribution is 2.24. The van der Waals surface area contributed by atoms with Crippen molar-refractivity contribution in [3.05, 3.63) is 39.9 Å². The average Bonchev–Trinajstić information content (AvgIpc) is 2.73. The fourth-order valence-corrected chi connectivity index (χ4v) is 2.63. The Labute approximate surface area is 125 Å². The minimum absolute atomic E-state index is 0.0699. The van der Waals surface area contributed by atoms with E-state index in [4.69, 9.17) is 11.6 Å². The normalized spacial score (nSPS) is 10.2. The summed E-state index contributed by atoms with van der Waals surface area (Å²) >= 11 is 7.09. The Kier molecular flexibility index (Phi) is 4.36. The standard InChI is InChI=1S/C13H12ClN3O2S/c1-7-11(8(2)18)20-13(15-7)17-12(19)16-10-6-4-3-5-9(10)14/h3-6H,1-2H3,(H2,15,16,17,19). The summed E-state index contributed by atoms with van der Waals surface area (Å²) in [6, 6.07) is 6.45. The molecule has 1 aromatic carbocycles. The molecule has 0 aliphatic rings. The van der Waals surface area contributed by atoms with Crippen LogP contribution in [0.25, 0.3) is 0 Å². The quantitative estimate of drug-likeness (QED) is 0.843. The van der Waals surface area contributed by atoms with Gasteiger partial charge in [-0.25, -0.2) is 9.78 Å². The molecule has 104 valence electrons. The van der Waals surface area contributed by atoms with Gasteiger partial charge in [0.15, 0.2) is 10.9 Å². The molecule has 0 radical (unpaired) electrons. The van der Waals surface area contributed by atoms with Crippen LogP contribution < -0.4 is 10.6 Å². The molecule has 0 saturated carbocycles. The van der Waals surface area contributed by atoms with E-state index in [1.807, 2.05) is 0 Å². The molecule has 5 nitrogen and oxygen atoms in total. The summed E-state index contributed by atoms with van der Waals surface area (Å²) in [6.07, 6.45) is 0. The van der Waals surface area contributed by atoms with Crippen LogP contribution in [0.2, 0.25) is 5.02 Å². The Morgan fingerprint density at radius 3 is 2.55 bits per heavy atom. The summed E-state index contributed by atoms with van der Waals surface area (Å²) in [5, 5.41) is 6.02. The number of aryl methyl sites for hydroxylation is 1. The monoisotopic (exact) mass is 309 g/mol. The number of urea groups is 1. The van der Waals surface area contributed by atoms with Gasteiger partial charge < -0.3 is 5.32 Å². The number of amides is 2. The van der Waals surface area contributed by atoms with E-state index in [1.165, 1.54) is 6.92 Å². The number of aromatic nitrogens is 1. The maximum atomic E-state index is 11.8. The van der Waals surface area contributed by atoms with Crippen molar-refractivity contribution >= 4 is 45.6 Å². The maximum absolute atomic E-state index is 11.8. The number of nitrogens with one attached hydrogen (secondary N) is 2. The second-order valence-corrected chi connectivity index (χ2v) is 5.45. The summed E-state index contributed by atoms with van der Waals surface area (Å²) in [6.45, 7) is 3.19. The third kappa shape index (κ3) is 3.34. The van der Waals surface area contributed by atoms with Crippen molar-refractivity contribution in [3.8, 4) is 0 Å². The van der Waals surface area contributed by atoms with Crippen molar-refractivity contribution in [1.82, 2.24) is 4.98 Å². The molecule has 1 heterocycles. The molecule has 0 bridgehead atoms. The fraction of sp³-hybridized carbons (Fsp3) is 0.154. The topological polar surface area (TPSA) is 71.1 Å². The number of para-hydroxylation sites is 1. The molecule has 0 atom stereocenters. The number of carbonyl (C=O) groups is 2. The molecule has 0 aliphatic heterocycles. The predicted octanol–water partition coefficient (Wildman–Crippen LogP) is 3.95. The summed E-state index contributed by atoms with van der Waals surface area (Å²) in [5.74, 6) is -0.0699. The molecule has 0 fully saturated rings. The molecule has 20 heavy (non-hydrogen) atoms. The molecule has 2 rings (SSSR count). The predicted molar refractivity (Wildman–Crippen MR) is 80.9 cm³/mol. The van der Waals surface area contributed by atoms with Gasteiger partial charge in [-0.3, -0.25) is 10.1 Å². The molecular weight excluding hydrogens is 298 g/mol. The van der Waals surface area contributed by atoms with Crippen LogP contribution >= 0.6 is 22.9 Å². The Morgan fingerprint density at radius 2 is 1.95 bits per heavy atom. The van der Waals surface area contributed by atoms with E-state index in [-0.39, 0.29) is 5.78 Å². The smallest absolute Gasteiger partial charge is 0.306 e. The Morgan fingerprint density at radius 1 is 1.25 bits per heavy atom. The highest BCUT2D eigenvalue weighted by atomic mass is 35.5. The summed E-state index contributed by atoms with van der Waals surface area (Å²) < 4.78 is 0. The average molecular weight is 310 g/mol. The molecule has 1 aromatic heterocycles. The van der Waals surface area contributed by atoms with Gasteiger partial charge in [-0.1, -0.05) is 35.1 Å². The van der Waals surface area contributed by atoms with Gasteiger partial charge in [0.05, 0.1) is 21.3 Å². The van der Waals surface area contributed by atoms with Crippen LogP contribution in [0.3, 0.4) is 0 Å². The van der Waals surface area contributed by atoms with E-state index in [0.717, 1.165) is 11.3 Å². The van der Waals surface area contributed by atoms with Crippen molar-refractivity contribution in [2.24, 2.45) is 0 Å². The number of anilines is 2. The minimum atomic E-state index is -0.457. The first kappa shape index (κ1) is 14.5. The summed E-state index contributed by atoms with van der Waals surface area (Å²) in [7, 11) is 0. The number of hydrogen-bond donors (Lipinski definition) is 2. The van der Waals surface area contributed by atoms with Crippen molar-refractivity contribution in [2.75, 3.05) is 10.6 Å². The van der Waals surface area contributed by atoms with Gasteiger partial charge in [0, 0.05) is 6.92 Å². The van der Waals surface area contributed by atoms with Crippen LogP contribution in [0, 0.1) is 6.92 Å². The van der Waals surface area contributed by atoms with E-state index in [2.05, 4.69) is 15.6 Å². The van der Waals surface area contributed by atoms with Crippen molar-refractivity contribution < 1.29 is 9.59 Å². The number of rotatable bonds is 3. The van der Waals surface area contributed by atoms with E-state index in [1.54, 1.807) is 31.2 Å². The molecule has 2 amide bonds. The maximum Gasteiger partial charge on any atom is 0.325 e. The molecule has 0 aliphatic carbocycles. The van der Waals surface area contributed by atoms with Gasteiger partial charge in [-0.15, -0.1) is 0 Å². The lowest BCUT2D eigenvalue weighted by Crippen LogP contribution is -2.19. The van der Waals surface area contributed by atoms with Crippen molar-refractivity contribution in [3.63, 3.8) is 0 Å². The van der Waals surface area contributed by atoms with Crippen LogP contribution in [-0.2, 0) is 0 Å². The molecule has 0 saturated heterocycles. The van der Waals surface area contributed by atoms with Gasteiger partial charge >= 0.3 is 6.03 Å². The fourth-order valence-electron chi connectivity index (χ4n) is 1.59. The highest BCUT2D eigenvalue weighted by Gasteiger charge is 2.13. The van der Waals surface area contributed by atoms with Crippen LogP contribution in [0.5, 0.6) is 0 Å². The Balaban J connectivity index is 2.07. The Bertz CT molecular complexity index is 669. The molecule has 2 aromatic rings. The Hall–Kier alpha value is -1.92.